The molecule has 1 aliphatic heterocycles. The van der Waals surface area contributed by atoms with E-state index in [-0.39, 0.29) is 5.91 Å². The van der Waals surface area contributed by atoms with Crippen molar-refractivity contribution >= 4 is 44.1 Å². The Balaban J connectivity index is 1.44. The van der Waals surface area contributed by atoms with Crippen molar-refractivity contribution in [2.24, 2.45) is 0 Å². The Kier molecular flexibility index (Phi) is 5.14. The summed E-state index contributed by atoms with van der Waals surface area (Å²) in [6, 6.07) is 7.94. The molecule has 21 heavy (non-hydrogen) atoms. The van der Waals surface area contributed by atoms with Crippen molar-refractivity contribution in [2.75, 3.05) is 11.1 Å². The first-order chi connectivity index (χ1) is 10.3. The molecule has 5 heteroatoms. The van der Waals surface area contributed by atoms with Gasteiger partial charge in [-0.25, -0.2) is 0 Å². The molecule has 0 bridgehead atoms. The number of hydrogen-bond donors (Lipinski definition) is 2. The van der Waals surface area contributed by atoms with E-state index in [2.05, 4.69) is 10.3 Å². The molecule has 0 spiro atoms. The monoisotopic (exact) mass is 320 g/mol. The SMILES string of the molecule is O=C(CCCC[C@@H]1CCSS1)Nc1cccc2[nH]ccc12. The largest absolute Gasteiger partial charge is 0.361 e. The molecule has 1 aliphatic rings. The minimum Gasteiger partial charge on any atom is -0.361 e. The number of anilines is 1. The summed E-state index contributed by atoms with van der Waals surface area (Å²) in [4.78, 5) is 15.2. The first kappa shape index (κ1) is 14.9. The van der Waals surface area contributed by atoms with Crippen molar-refractivity contribution in [3.05, 3.63) is 30.5 Å². The predicted molar refractivity (Wildman–Crippen MR) is 93.9 cm³/mol. The molecule has 1 amide bonds. The van der Waals surface area contributed by atoms with Crippen LogP contribution >= 0.6 is 21.6 Å². The summed E-state index contributed by atoms with van der Waals surface area (Å²) in [6.45, 7) is 0. The number of carbonyl (C=O) groups is 1. The number of H-pyrrole nitrogens is 1. The Morgan fingerprint density at radius 1 is 1.33 bits per heavy atom. The van der Waals surface area contributed by atoms with Gasteiger partial charge in [-0.1, -0.05) is 34.1 Å². The van der Waals surface area contributed by atoms with Crippen LogP contribution in [0.5, 0.6) is 0 Å². The summed E-state index contributed by atoms with van der Waals surface area (Å²) < 4.78 is 0. The molecule has 1 atom stereocenters. The molecule has 0 radical (unpaired) electrons. The van der Waals surface area contributed by atoms with Crippen LogP contribution in [0.1, 0.15) is 32.1 Å². The minimum absolute atomic E-state index is 0.122. The lowest BCUT2D eigenvalue weighted by Gasteiger charge is -2.08. The number of benzene rings is 1. The average molecular weight is 320 g/mol. The number of amides is 1. The maximum atomic E-state index is 12.0. The van der Waals surface area contributed by atoms with Gasteiger partial charge in [0, 0.05) is 34.5 Å². The maximum absolute atomic E-state index is 12.0. The highest BCUT2D eigenvalue weighted by Crippen LogP contribution is 2.39. The number of hydrogen-bond acceptors (Lipinski definition) is 3. The lowest BCUT2D eigenvalue weighted by Crippen LogP contribution is -2.11. The molecule has 1 aromatic carbocycles. The Labute approximate surface area is 133 Å². The molecule has 2 N–H and O–H groups in total. The molecule has 2 heterocycles. The van der Waals surface area contributed by atoms with Gasteiger partial charge in [0.15, 0.2) is 0 Å². The van der Waals surface area contributed by atoms with Crippen LogP contribution in [0.2, 0.25) is 0 Å². The summed E-state index contributed by atoms with van der Waals surface area (Å²) in [6.07, 6.45) is 7.23. The highest BCUT2D eigenvalue weighted by molar-refractivity contribution is 8.77. The third-order valence-corrected chi connectivity index (χ3v) is 6.78. The van der Waals surface area contributed by atoms with Crippen molar-refractivity contribution in [1.82, 2.24) is 4.98 Å². The highest BCUT2D eigenvalue weighted by atomic mass is 33.1. The van der Waals surface area contributed by atoms with Gasteiger partial charge in [0.25, 0.3) is 0 Å². The lowest BCUT2D eigenvalue weighted by atomic mass is 10.1. The lowest BCUT2D eigenvalue weighted by molar-refractivity contribution is -0.116. The normalized spacial score (nSPS) is 18.2. The van der Waals surface area contributed by atoms with E-state index in [1.54, 1.807) is 0 Å². The zero-order chi connectivity index (χ0) is 14.5. The van der Waals surface area contributed by atoms with Crippen molar-refractivity contribution < 1.29 is 4.79 Å². The van der Waals surface area contributed by atoms with Gasteiger partial charge in [-0.15, -0.1) is 0 Å². The Morgan fingerprint density at radius 2 is 2.29 bits per heavy atom. The van der Waals surface area contributed by atoms with Crippen molar-refractivity contribution in [2.45, 2.75) is 37.4 Å². The Hall–Kier alpha value is -1.07. The van der Waals surface area contributed by atoms with Gasteiger partial charge in [-0.2, -0.15) is 0 Å². The molecule has 1 fully saturated rings. The maximum Gasteiger partial charge on any atom is 0.224 e. The van der Waals surface area contributed by atoms with Gasteiger partial charge < -0.3 is 10.3 Å². The fourth-order valence-electron chi connectivity index (χ4n) is 2.63. The summed E-state index contributed by atoms with van der Waals surface area (Å²) in [5, 5.41) is 4.92. The fourth-order valence-corrected chi connectivity index (χ4v) is 5.66. The zero-order valence-electron chi connectivity index (χ0n) is 11.9. The number of unbranched alkanes of at least 4 members (excludes halogenated alkanes) is 1. The summed E-state index contributed by atoms with van der Waals surface area (Å²) >= 11 is 0. The molecule has 112 valence electrons. The molecule has 3 rings (SSSR count). The van der Waals surface area contributed by atoms with E-state index in [4.69, 9.17) is 0 Å². The van der Waals surface area contributed by atoms with E-state index < -0.39 is 0 Å². The number of nitrogens with one attached hydrogen (secondary N) is 2. The molecule has 2 aromatic rings. The third kappa shape index (κ3) is 3.98. The van der Waals surface area contributed by atoms with Crippen LogP contribution in [0.4, 0.5) is 5.69 Å². The number of aromatic amines is 1. The topological polar surface area (TPSA) is 44.9 Å². The van der Waals surface area contributed by atoms with Gasteiger partial charge in [0.05, 0.1) is 5.69 Å². The quantitative estimate of drug-likeness (QED) is 0.592. The van der Waals surface area contributed by atoms with Crippen molar-refractivity contribution in [3.8, 4) is 0 Å². The van der Waals surface area contributed by atoms with Crippen LogP contribution in [0.25, 0.3) is 10.9 Å². The second-order valence-corrected chi connectivity index (χ2v) is 8.15. The number of aromatic nitrogens is 1. The first-order valence-corrected chi connectivity index (χ1v) is 9.85. The molecule has 1 saturated heterocycles. The van der Waals surface area contributed by atoms with E-state index >= 15 is 0 Å². The van der Waals surface area contributed by atoms with Gasteiger partial charge in [0.2, 0.25) is 5.91 Å². The molecule has 3 nitrogen and oxygen atoms in total. The molecule has 0 saturated carbocycles. The molecule has 0 unspecified atom stereocenters. The Morgan fingerprint density at radius 3 is 3.14 bits per heavy atom. The van der Waals surface area contributed by atoms with Crippen molar-refractivity contribution in [1.29, 1.82) is 0 Å². The van der Waals surface area contributed by atoms with Crippen molar-refractivity contribution in [3.63, 3.8) is 0 Å². The fraction of sp³-hybridized carbons (Fsp3) is 0.438. The van der Waals surface area contributed by atoms with Crippen LogP contribution in [-0.2, 0) is 4.79 Å². The van der Waals surface area contributed by atoms with Crippen LogP contribution in [0.15, 0.2) is 30.5 Å². The minimum atomic E-state index is 0.122. The van der Waals surface area contributed by atoms with E-state index in [0.717, 1.165) is 34.7 Å². The van der Waals surface area contributed by atoms with E-state index in [1.807, 2.05) is 52.1 Å². The summed E-state index contributed by atoms with van der Waals surface area (Å²) in [5.41, 5.74) is 1.96. The zero-order valence-corrected chi connectivity index (χ0v) is 13.6. The molecular weight excluding hydrogens is 300 g/mol. The van der Waals surface area contributed by atoms with E-state index in [9.17, 15) is 4.79 Å². The number of rotatable bonds is 6. The van der Waals surface area contributed by atoms with E-state index in [1.165, 1.54) is 18.6 Å². The number of fused-ring (bicyclic) bond motifs is 1. The van der Waals surface area contributed by atoms with Gasteiger partial charge in [0.1, 0.15) is 0 Å². The average Bonchev–Trinajstić information content (AvgIpc) is 3.15. The predicted octanol–water partition coefficient (Wildman–Crippen LogP) is 4.82. The second kappa shape index (κ2) is 7.27. The third-order valence-electron chi connectivity index (χ3n) is 3.78. The summed E-state index contributed by atoms with van der Waals surface area (Å²) in [7, 11) is 4.00. The highest BCUT2D eigenvalue weighted by Gasteiger charge is 2.15. The smallest absolute Gasteiger partial charge is 0.224 e. The van der Waals surface area contributed by atoms with E-state index in [0.29, 0.717) is 6.42 Å². The van der Waals surface area contributed by atoms with Gasteiger partial charge in [-0.05, 0) is 37.5 Å². The van der Waals surface area contributed by atoms with Gasteiger partial charge >= 0.3 is 0 Å². The molecular formula is C16H20N2OS2. The van der Waals surface area contributed by atoms with Gasteiger partial charge in [-0.3, -0.25) is 4.79 Å². The second-order valence-electron chi connectivity index (χ2n) is 5.37. The van der Waals surface area contributed by atoms with Crippen LogP contribution in [0.3, 0.4) is 0 Å². The Bertz CT molecular complexity index is 605. The first-order valence-electron chi connectivity index (χ1n) is 7.47. The summed E-state index contributed by atoms with van der Waals surface area (Å²) in [5.74, 6) is 1.41. The molecule has 1 aromatic heterocycles. The number of carbonyl (C=O) groups excluding carboxylic acids is 1. The van der Waals surface area contributed by atoms with Crippen LogP contribution in [0, 0.1) is 0 Å². The molecule has 0 aliphatic carbocycles. The van der Waals surface area contributed by atoms with Crippen LogP contribution in [-0.4, -0.2) is 21.9 Å². The standard InChI is InChI=1S/C16H20N2OS2/c19-16(7-2-1-4-12-9-11-20-21-12)18-15-6-3-5-14-13(15)8-10-17-14/h3,5-6,8,10,12,17H,1-2,4,7,9,11H2,(H,18,19)/t12-/m1/s1. The van der Waals surface area contributed by atoms with Crippen LogP contribution < -0.4 is 5.32 Å².